The lowest BCUT2D eigenvalue weighted by Gasteiger charge is -2.21. The highest BCUT2D eigenvalue weighted by atomic mass is 32.2. The standard InChI is InChI=1S/C28H31N5OS/c1-5-33(6-2)23-18-16-22(17-19-23)26-30-31-28(32(26)4)35-20(3)27(34)29-25-15-11-10-14-24(25)21-12-8-7-9-13-21/h7-20H,5-6H2,1-4H3,(H,29,34). The fraction of sp³-hybridized carbons (Fsp3) is 0.250. The lowest BCUT2D eigenvalue weighted by molar-refractivity contribution is -0.115. The van der Waals surface area contributed by atoms with Crippen molar-refractivity contribution in [2.75, 3.05) is 23.3 Å². The third-order valence-electron chi connectivity index (χ3n) is 6.01. The summed E-state index contributed by atoms with van der Waals surface area (Å²) < 4.78 is 1.94. The Morgan fingerprint density at radius 3 is 2.26 bits per heavy atom. The summed E-state index contributed by atoms with van der Waals surface area (Å²) in [4.78, 5) is 15.4. The van der Waals surface area contributed by atoms with Crippen molar-refractivity contribution >= 4 is 29.0 Å². The Morgan fingerprint density at radius 2 is 1.57 bits per heavy atom. The van der Waals surface area contributed by atoms with E-state index in [1.54, 1.807) is 0 Å². The second kappa shape index (κ2) is 11.2. The highest BCUT2D eigenvalue weighted by molar-refractivity contribution is 8.00. The van der Waals surface area contributed by atoms with Crippen molar-refractivity contribution in [2.24, 2.45) is 7.05 Å². The second-order valence-electron chi connectivity index (χ2n) is 8.25. The van der Waals surface area contributed by atoms with Gasteiger partial charge in [-0.1, -0.05) is 60.3 Å². The highest BCUT2D eigenvalue weighted by Gasteiger charge is 2.20. The van der Waals surface area contributed by atoms with Gasteiger partial charge in [0.05, 0.1) is 5.25 Å². The molecule has 0 saturated heterocycles. The Bertz CT molecular complexity index is 1270. The predicted octanol–water partition coefficient (Wildman–Crippen LogP) is 6.11. The molecule has 0 radical (unpaired) electrons. The molecule has 1 unspecified atom stereocenters. The minimum absolute atomic E-state index is 0.0773. The third kappa shape index (κ3) is 5.57. The molecule has 180 valence electrons. The van der Waals surface area contributed by atoms with Crippen molar-refractivity contribution in [1.29, 1.82) is 0 Å². The Balaban J connectivity index is 1.46. The summed E-state index contributed by atoms with van der Waals surface area (Å²) in [6, 6.07) is 26.3. The Labute approximate surface area is 211 Å². The summed E-state index contributed by atoms with van der Waals surface area (Å²) in [6.45, 7) is 8.13. The van der Waals surface area contributed by atoms with Crippen LogP contribution in [-0.2, 0) is 11.8 Å². The van der Waals surface area contributed by atoms with Gasteiger partial charge in [0.15, 0.2) is 11.0 Å². The monoisotopic (exact) mass is 485 g/mol. The first kappa shape index (κ1) is 24.5. The van der Waals surface area contributed by atoms with Crippen LogP contribution in [0.1, 0.15) is 20.8 Å². The number of hydrogen-bond donors (Lipinski definition) is 1. The maximum atomic E-state index is 13.1. The molecule has 1 aromatic heterocycles. The van der Waals surface area contributed by atoms with Crippen LogP contribution in [0.3, 0.4) is 0 Å². The summed E-state index contributed by atoms with van der Waals surface area (Å²) in [5.74, 6) is 0.701. The van der Waals surface area contributed by atoms with Gasteiger partial charge in [0, 0.05) is 42.6 Å². The van der Waals surface area contributed by atoms with E-state index in [0.717, 1.165) is 41.3 Å². The minimum atomic E-state index is -0.348. The van der Waals surface area contributed by atoms with Crippen molar-refractivity contribution in [2.45, 2.75) is 31.2 Å². The molecule has 1 atom stereocenters. The molecule has 1 N–H and O–H groups in total. The van der Waals surface area contributed by atoms with Gasteiger partial charge in [0.1, 0.15) is 0 Å². The van der Waals surface area contributed by atoms with Gasteiger partial charge in [0.2, 0.25) is 5.91 Å². The van der Waals surface area contributed by atoms with Crippen molar-refractivity contribution in [3.8, 4) is 22.5 Å². The van der Waals surface area contributed by atoms with E-state index in [1.807, 2.05) is 73.1 Å². The van der Waals surface area contributed by atoms with Crippen LogP contribution in [-0.4, -0.2) is 39.0 Å². The number of para-hydroxylation sites is 1. The van der Waals surface area contributed by atoms with Gasteiger partial charge >= 0.3 is 0 Å². The zero-order valence-electron chi connectivity index (χ0n) is 20.6. The fourth-order valence-corrected chi connectivity index (χ4v) is 4.80. The van der Waals surface area contributed by atoms with Gasteiger partial charge in [-0.2, -0.15) is 0 Å². The number of nitrogens with zero attached hydrogens (tertiary/aromatic N) is 4. The molecular weight excluding hydrogens is 454 g/mol. The van der Waals surface area contributed by atoms with Crippen LogP contribution in [0.5, 0.6) is 0 Å². The minimum Gasteiger partial charge on any atom is -0.372 e. The van der Waals surface area contributed by atoms with Crippen LogP contribution in [0.15, 0.2) is 84.0 Å². The normalized spacial score (nSPS) is 11.8. The predicted molar refractivity (Wildman–Crippen MR) is 146 cm³/mol. The summed E-state index contributed by atoms with van der Waals surface area (Å²) in [6.07, 6.45) is 0. The van der Waals surface area contributed by atoms with E-state index in [2.05, 4.69) is 58.5 Å². The number of amides is 1. The van der Waals surface area contributed by atoms with E-state index in [9.17, 15) is 4.79 Å². The summed E-state index contributed by atoms with van der Waals surface area (Å²) in [5, 5.41) is 12.2. The molecule has 0 saturated carbocycles. The molecule has 0 bridgehead atoms. The quantitative estimate of drug-likeness (QED) is 0.290. The molecule has 0 aliphatic heterocycles. The molecule has 4 rings (SSSR count). The van der Waals surface area contributed by atoms with Gasteiger partial charge in [-0.15, -0.1) is 10.2 Å². The zero-order chi connectivity index (χ0) is 24.8. The Hall–Kier alpha value is -3.58. The van der Waals surface area contributed by atoms with E-state index in [0.29, 0.717) is 5.16 Å². The molecule has 35 heavy (non-hydrogen) atoms. The maximum absolute atomic E-state index is 13.1. The average molecular weight is 486 g/mol. The molecular formula is C28H31N5OS. The number of carbonyl (C=O) groups is 1. The zero-order valence-corrected chi connectivity index (χ0v) is 21.4. The molecule has 3 aromatic carbocycles. The maximum Gasteiger partial charge on any atom is 0.237 e. The van der Waals surface area contributed by atoms with Crippen molar-refractivity contribution < 1.29 is 4.79 Å². The van der Waals surface area contributed by atoms with Crippen molar-refractivity contribution in [1.82, 2.24) is 14.8 Å². The molecule has 0 fully saturated rings. The Kier molecular flexibility index (Phi) is 7.87. The van der Waals surface area contributed by atoms with Gasteiger partial charge in [-0.05, 0) is 56.7 Å². The first-order valence-corrected chi connectivity index (χ1v) is 12.8. The molecule has 7 heteroatoms. The van der Waals surface area contributed by atoms with Crippen LogP contribution in [0.4, 0.5) is 11.4 Å². The number of nitrogens with one attached hydrogen (secondary N) is 1. The first-order valence-electron chi connectivity index (χ1n) is 11.9. The van der Waals surface area contributed by atoms with Crippen LogP contribution < -0.4 is 10.2 Å². The molecule has 0 aliphatic carbocycles. The topological polar surface area (TPSA) is 63.1 Å². The van der Waals surface area contributed by atoms with E-state index < -0.39 is 0 Å². The second-order valence-corrected chi connectivity index (χ2v) is 9.55. The van der Waals surface area contributed by atoms with E-state index >= 15 is 0 Å². The first-order chi connectivity index (χ1) is 17.0. The summed E-state index contributed by atoms with van der Waals surface area (Å²) >= 11 is 1.40. The van der Waals surface area contributed by atoms with Gasteiger partial charge in [-0.3, -0.25) is 4.79 Å². The number of anilines is 2. The molecule has 0 spiro atoms. The number of rotatable bonds is 9. The number of thioether (sulfide) groups is 1. The van der Waals surface area contributed by atoms with Gasteiger partial charge in [-0.25, -0.2) is 0 Å². The third-order valence-corrected chi connectivity index (χ3v) is 7.14. The van der Waals surface area contributed by atoms with E-state index in [4.69, 9.17) is 0 Å². The van der Waals surface area contributed by atoms with Crippen molar-refractivity contribution in [3.63, 3.8) is 0 Å². The number of benzene rings is 3. The van der Waals surface area contributed by atoms with Crippen LogP contribution in [0, 0.1) is 0 Å². The Morgan fingerprint density at radius 1 is 0.914 bits per heavy atom. The smallest absolute Gasteiger partial charge is 0.237 e. The lowest BCUT2D eigenvalue weighted by atomic mass is 10.0. The number of aromatic nitrogens is 3. The average Bonchev–Trinajstić information content (AvgIpc) is 3.25. The van der Waals surface area contributed by atoms with E-state index in [1.165, 1.54) is 17.4 Å². The van der Waals surface area contributed by atoms with Gasteiger partial charge < -0.3 is 14.8 Å². The van der Waals surface area contributed by atoms with Crippen LogP contribution in [0.25, 0.3) is 22.5 Å². The number of carbonyl (C=O) groups excluding carboxylic acids is 1. The van der Waals surface area contributed by atoms with Crippen LogP contribution in [0.2, 0.25) is 0 Å². The molecule has 1 amide bonds. The fourth-order valence-electron chi connectivity index (χ4n) is 3.99. The largest absolute Gasteiger partial charge is 0.372 e. The van der Waals surface area contributed by atoms with Gasteiger partial charge in [0.25, 0.3) is 0 Å². The highest BCUT2D eigenvalue weighted by Crippen LogP contribution is 2.30. The molecule has 6 nitrogen and oxygen atoms in total. The SMILES string of the molecule is CCN(CC)c1ccc(-c2nnc(SC(C)C(=O)Nc3ccccc3-c3ccccc3)n2C)cc1. The van der Waals surface area contributed by atoms with E-state index in [-0.39, 0.29) is 11.2 Å². The summed E-state index contributed by atoms with van der Waals surface area (Å²) in [7, 11) is 1.94. The number of hydrogen-bond acceptors (Lipinski definition) is 5. The molecule has 0 aliphatic rings. The molecule has 1 heterocycles. The summed E-state index contributed by atoms with van der Waals surface area (Å²) in [5.41, 5.74) is 5.04. The lowest BCUT2D eigenvalue weighted by Crippen LogP contribution is -2.23. The van der Waals surface area contributed by atoms with Crippen molar-refractivity contribution in [3.05, 3.63) is 78.9 Å². The van der Waals surface area contributed by atoms with Crippen LogP contribution >= 0.6 is 11.8 Å². The molecule has 4 aromatic rings.